The highest BCUT2D eigenvalue weighted by atomic mass is 32.2. The number of allylic oxidation sites excluding steroid dienone is 1. The maximum absolute atomic E-state index is 13.4. The summed E-state index contributed by atoms with van der Waals surface area (Å²) in [7, 11) is -3.60. The van der Waals surface area contributed by atoms with E-state index >= 15 is 0 Å². The van der Waals surface area contributed by atoms with E-state index in [1.165, 1.54) is 11.3 Å². The number of sulfone groups is 1. The molecule has 2 aromatic rings. The summed E-state index contributed by atoms with van der Waals surface area (Å²) >= 11 is 1.39. The van der Waals surface area contributed by atoms with Crippen LogP contribution in [0.25, 0.3) is 5.57 Å². The van der Waals surface area contributed by atoms with Gasteiger partial charge in [-0.1, -0.05) is 22.6 Å². The normalized spacial score (nSPS) is 20.6. The van der Waals surface area contributed by atoms with Crippen molar-refractivity contribution in [1.82, 2.24) is 10.1 Å². The Kier molecular flexibility index (Phi) is 4.88. The molecule has 2 heterocycles. The first-order valence-corrected chi connectivity index (χ1v) is 11.8. The van der Waals surface area contributed by atoms with Crippen molar-refractivity contribution in [3.8, 4) is 5.06 Å². The molecule has 0 spiro atoms. The summed E-state index contributed by atoms with van der Waals surface area (Å²) in [5, 5.41) is 4.87. The van der Waals surface area contributed by atoms with Gasteiger partial charge in [-0.2, -0.15) is 0 Å². The first-order valence-electron chi connectivity index (χ1n) is 9.43. The molecule has 1 unspecified atom stereocenters. The standard InChI is InChI=1S/C19H24N2O4S2/c1-4-24-19-18(20-17(26-19)13-8-9-13)27(22,23)15-7-5-6-14(10-15)16-11(2)21-25-12(16)3/h10,13,15H,4-9H2,1-3H3. The number of nitrogens with zero attached hydrogens (tertiary/aromatic N) is 2. The lowest BCUT2D eigenvalue weighted by Crippen LogP contribution is -2.23. The van der Waals surface area contributed by atoms with E-state index in [1.807, 2.05) is 26.8 Å². The number of hydrogen-bond acceptors (Lipinski definition) is 7. The molecule has 1 atom stereocenters. The van der Waals surface area contributed by atoms with Gasteiger partial charge in [0.05, 0.1) is 17.6 Å². The summed E-state index contributed by atoms with van der Waals surface area (Å²) in [5.74, 6) is 1.13. The van der Waals surface area contributed by atoms with Gasteiger partial charge in [0.25, 0.3) is 0 Å². The zero-order valence-electron chi connectivity index (χ0n) is 15.8. The van der Waals surface area contributed by atoms with Crippen molar-refractivity contribution in [3.05, 3.63) is 28.1 Å². The van der Waals surface area contributed by atoms with Crippen LogP contribution in [0.15, 0.2) is 15.6 Å². The third-order valence-electron chi connectivity index (χ3n) is 5.13. The van der Waals surface area contributed by atoms with E-state index in [1.54, 1.807) is 0 Å². The molecule has 1 saturated carbocycles. The Morgan fingerprint density at radius 1 is 1.30 bits per heavy atom. The number of aryl methyl sites for hydroxylation is 2. The molecule has 0 aliphatic heterocycles. The summed E-state index contributed by atoms with van der Waals surface area (Å²) in [5.41, 5.74) is 2.75. The summed E-state index contributed by atoms with van der Waals surface area (Å²) in [4.78, 5) is 4.51. The fourth-order valence-electron chi connectivity index (χ4n) is 3.64. The Morgan fingerprint density at radius 3 is 2.70 bits per heavy atom. The van der Waals surface area contributed by atoms with E-state index in [2.05, 4.69) is 10.1 Å². The highest BCUT2D eigenvalue weighted by molar-refractivity contribution is 7.92. The van der Waals surface area contributed by atoms with Crippen LogP contribution in [-0.4, -0.2) is 30.4 Å². The molecule has 27 heavy (non-hydrogen) atoms. The number of rotatable bonds is 6. The maximum atomic E-state index is 13.4. The second-order valence-electron chi connectivity index (χ2n) is 7.22. The smallest absolute Gasteiger partial charge is 0.213 e. The second kappa shape index (κ2) is 7.05. The minimum absolute atomic E-state index is 0.123. The van der Waals surface area contributed by atoms with Gasteiger partial charge in [-0.15, -0.1) is 0 Å². The lowest BCUT2D eigenvalue weighted by atomic mass is 9.92. The third kappa shape index (κ3) is 3.45. The van der Waals surface area contributed by atoms with E-state index in [4.69, 9.17) is 9.26 Å². The number of thiazole rings is 1. The van der Waals surface area contributed by atoms with Crippen LogP contribution in [-0.2, 0) is 9.84 Å². The van der Waals surface area contributed by atoms with Crippen LogP contribution in [0.1, 0.15) is 67.0 Å². The molecule has 1 fully saturated rings. The molecule has 0 bridgehead atoms. The van der Waals surface area contributed by atoms with E-state index < -0.39 is 15.1 Å². The quantitative estimate of drug-likeness (QED) is 0.703. The number of ether oxygens (including phenoxy) is 1. The van der Waals surface area contributed by atoms with Crippen molar-refractivity contribution in [2.24, 2.45) is 0 Å². The van der Waals surface area contributed by atoms with E-state index in [9.17, 15) is 8.42 Å². The van der Waals surface area contributed by atoms with Crippen LogP contribution in [0, 0.1) is 13.8 Å². The van der Waals surface area contributed by atoms with E-state index in [0.29, 0.717) is 24.0 Å². The molecule has 0 aromatic carbocycles. The van der Waals surface area contributed by atoms with Crippen LogP contribution in [0.2, 0.25) is 0 Å². The van der Waals surface area contributed by atoms with E-state index in [0.717, 1.165) is 53.3 Å². The van der Waals surface area contributed by atoms with Gasteiger partial charge in [0.15, 0.2) is 0 Å². The Hall–Kier alpha value is -1.67. The van der Waals surface area contributed by atoms with E-state index in [-0.39, 0.29) is 5.03 Å². The first kappa shape index (κ1) is 18.7. The molecule has 0 N–H and O–H groups in total. The molecule has 0 amide bonds. The maximum Gasteiger partial charge on any atom is 0.213 e. The lowest BCUT2D eigenvalue weighted by Gasteiger charge is -2.21. The Balaban J connectivity index is 1.72. The van der Waals surface area contributed by atoms with Crippen molar-refractivity contribution in [1.29, 1.82) is 0 Å². The minimum Gasteiger partial charge on any atom is -0.482 e. The summed E-state index contributed by atoms with van der Waals surface area (Å²) in [6, 6.07) is 0. The monoisotopic (exact) mass is 408 g/mol. The fourth-order valence-corrected chi connectivity index (χ4v) is 6.83. The molecule has 146 valence electrons. The number of aromatic nitrogens is 2. The number of hydrogen-bond donors (Lipinski definition) is 0. The molecular weight excluding hydrogens is 384 g/mol. The molecule has 4 rings (SSSR count). The average Bonchev–Trinajstić information content (AvgIpc) is 3.32. The van der Waals surface area contributed by atoms with Gasteiger partial charge < -0.3 is 9.26 Å². The second-order valence-corrected chi connectivity index (χ2v) is 10.3. The summed E-state index contributed by atoms with van der Waals surface area (Å²) in [6.45, 7) is 6.05. The SMILES string of the molecule is CCOc1sc(C2CC2)nc1S(=O)(=O)C1C=C(c2c(C)noc2C)CCC1. The molecule has 8 heteroatoms. The Labute approximate surface area is 163 Å². The topological polar surface area (TPSA) is 82.3 Å². The Morgan fingerprint density at radius 2 is 2.07 bits per heavy atom. The van der Waals surface area contributed by atoms with Gasteiger partial charge >= 0.3 is 0 Å². The zero-order chi connectivity index (χ0) is 19.2. The van der Waals surface area contributed by atoms with Gasteiger partial charge in [-0.25, -0.2) is 13.4 Å². The summed E-state index contributed by atoms with van der Waals surface area (Å²) in [6.07, 6.45) is 6.27. The summed E-state index contributed by atoms with van der Waals surface area (Å²) < 4.78 is 37.7. The molecule has 2 aliphatic rings. The van der Waals surface area contributed by atoms with Crippen LogP contribution in [0.5, 0.6) is 5.06 Å². The van der Waals surface area contributed by atoms with Crippen LogP contribution < -0.4 is 4.74 Å². The van der Waals surface area contributed by atoms with Crippen LogP contribution in [0.3, 0.4) is 0 Å². The van der Waals surface area contributed by atoms with Crippen molar-refractivity contribution in [3.63, 3.8) is 0 Å². The average molecular weight is 409 g/mol. The van der Waals surface area contributed by atoms with Gasteiger partial charge in [-0.3, -0.25) is 0 Å². The highest BCUT2D eigenvalue weighted by Gasteiger charge is 2.37. The van der Waals surface area contributed by atoms with Crippen LogP contribution >= 0.6 is 11.3 Å². The molecule has 0 saturated heterocycles. The molecular formula is C19H24N2O4S2. The van der Waals surface area contributed by atoms with Gasteiger partial charge in [0.1, 0.15) is 10.8 Å². The first-order chi connectivity index (χ1) is 12.9. The lowest BCUT2D eigenvalue weighted by molar-refractivity contribution is 0.339. The van der Waals surface area contributed by atoms with Crippen molar-refractivity contribution in [2.75, 3.05) is 6.61 Å². The zero-order valence-corrected chi connectivity index (χ0v) is 17.5. The van der Waals surface area contributed by atoms with Crippen molar-refractivity contribution < 1.29 is 17.7 Å². The largest absolute Gasteiger partial charge is 0.482 e. The van der Waals surface area contributed by atoms with Crippen molar-refractivity contribution in [2.45, 2.75) is 69.1 Å². The van der Waals surface area contributed by atoms with Gasteiger partial charge in [0, 0.05) is 11.5 Å². The van der Waals surface area contributed by atoms with Crippen LogP contribution in [0.4, 0.5) is 0 Å². The Bertz CT molecular complexity index is 964. The third-order valence-corrected chi connectivity index (χ3v) is 8.37. The molecule has 2 aromatic heterocycles. The molecule has 2 aliphatic carbocycles. The predicted octanol–water partition coefficient (Wildman–Crippen LogP) is 4.43. The predicted molar refractivity (Wildman–Crippen MR) is 104 cm³/mol. The minimum atomic E-state index is -3.60. The van der Waals surface area contributed by atoms with Gasteiger partial charge in [0.2, 0.25) is 19.9 Å². The molecule has 6 nitrogen and oxygen atoms in total. The molecule has 0 radical (unpaired) electrons. The van der Waals surface area contributed by atoms with Crippen molar-refractivity contribution >= 4 is 26.7 Å². The fraction of sp³-hybridized carbons (Fsp3) is 0.579. The highest BCUT2D eigenvalue weighted by Crippen LogP contribution is 2.47. The van der Waals surface area contributed by atoms with Gasteiger partial charge in [-0.05, 0) is 58.4 Å².